The Hall–Kier alpha value is -2.27. The molecule has 0 aliphatic rings. The van der Waals surface area contributed by atoms with Gasteiger partial charge < -0.3 is 9.84 Å². The molecule has 0 fully saturated rings. The molecule has 6 heteroatoms. The van der Waals surface area contributed by atoms with Gasteiger partial charge in [-0.05, 0) is 24.3 Å². The maximum absolute atomic E-state index is 10.9. The molecule has 0 saturated carbocycles. The number of hydrogen-bond donors (Lipinski definition) is 1. The summed E-state index contributed by atoms with van der Waals surface area (Å²) >= 11 is 5.81. The van der Waals surface area contributed by atoms with E-state index in [1.54, 1.807) is 18.2 Å². The first-order chi connectivity index (χ1) is 9.08. The Balaban J connectivity index is 2.22. The number of phenolic OH excluding ortho intramolecular Hbond substituents is 1. The number of hydrogen-bond acceptors (Lipinski definition) is 4. The van der Waals surface area contributed by atoms with Crippen LogP contribution in [0.15, 0.2) is 42.5 Å². The number of nitrogens with zero attached hydrogens (tertiary/aromatic N) is 1. The predicted molar refractivity (Wildman–Crippen MR) is 70.5 cm³/mol. The normalized spacial score (nSPS) is 10.2. The van der Waals surface area contributed by atoms with Crippen LogP contribution in [0.4, 0.5) is 5.69 Å². The largest absolute Gasteiger partial charge is 0.504 e. The SMILES string of the molecule is O=[N+]([O-])c1ccc(Cl)cc1COc1ccccc1O. The van der Waals surface area contributed by atoms with Crippen LogP contribution in [-0.2, 0) is 6.61 Å². The molecule has 2 aromatic rings. The average Bonchev–Trinajstić information content (AvgIpc) is 2.37. The molecule has 2 aromatic carbocycles. The quantitative estimate of drug-likeness (QED) is 0.686. The maximum atomic E-state index is 10.9. The van der Waals surface area contributed by atoms with E-state index in [0.717, 1.165) is 0 Å². The molecular weight excluding hydrogens is 270 g/mol. The summed E-state index contributed by atoms with van der Waals surface area (Å²) in [6, 6.07) is 10.6. The Morgan fingerprint density at radius 1 is 1.26 bits per heavy atom. The Morgan fingerprint density at radius 3 is 2.68 bits per heavy atom. The predicted octanol–water partition coefficient (Wildman–Crippen LogP) is 3.53. The zero-order valence-electron chi connectivity index (χ0n) is 9.75. The van der Waals surface area contributed by atoms with Crippen LogP contribution in [0.25, 0.3) is 0 Å². The fraction of sp³-hybridized carbons (Fsp3) is 0.0769. The lowest BCUT2D eigenvalue weighted by Crippen LogP contribution is -2.00. The van der Waals surface area contributed by atoms with Gasteiger partial charge in [0.15, 0.2) is 11.5 Å². The Morgan fingerprint density at radius 2 is 2.00 bits per heavy atom. The van der Waals surface area contributed by atoms with E-state index < -0.39 is 4.92 Å². The van der Waals surface area contributed by atoms with Gasteiger partial charge >= 0.3 is 0 Å². The van der Waals surface area contributed by atoms with Crippen molar-refractivity contribution in [1.82, 2.24) is 0 Å². The van der Waals surface area contributed by atoms with Gasteiger partial charge in [-0.15, -0.1) is 0 Å². The highest BCUT2D eigenvalue weighted by Crippen LogP contribution is 2.28. The number of rotatable bonds is 4. The fourth-order valence-electron chi connectivity index (χ4n) is 1.58. The summed E-state index contributed by atoms with van der Waals surface area (Å²) in [6.45, 7) is -0.0472. The van der Waals surface area contributed by atoms with E-state index >= 15 is 0 Å². The fourth-order valence-corrected chi connectivity index (χ4v) is 1.78. The summed E-state index contributed by atoms with van der Waals surface area (Å²) in [5, 5.41) is 20.8. The van der Waals surface area contributed by atoms with Crippen molar-refractivity contribution in [1.29, 1.82) is 0 Å². The van der Waals surface area contributed by atoms with E-state index in [2.05, 4.69) is 0 Å². The average molecular weight is 280 g/mol. The molecule has 0 aromatic heterocycles. The molecule has 2 rings (SSSR count). The lowest BCUT2D eigenvalue weighted by atomic mass is 10.2. The molecule has 0 unspecified atom stereocenters. The summed E-state index contributed by atoms with van der Waals surface area (Å²) < 4.78 is 5.36. The van der Waals surface area contributed by atoms with Crippen molar-refractivity contribution in [3.8, 4) is 11.5 Å². The van der Waals surface area contributed by atoms with Crippen molar-refractivity contribution >= 4 is 17.3 Å². The minimum atomic E-state index is -0.500. The molecule has 0 bridgehead atoms. The van der Waals surface area contributed by atoms with Crippen LogP contribution < -0.4 is 4.74 Å². The van der Waals surface area contributed by atoms with Crippen LogP contribution in [0.1, 0.15) is 5.56 Å². The van der Waals surface area contributed by atoms with E-state index in [-0.39, 0.29) is 23.8 Å². The minimum absolute atomic E-state index is 0.0211. The Bertz CT molecular complexity index is 615. The standard InChI is InChI=1S/C13H10ClNO4/c14-10-5-6-11(15(17)18)9(7-10)8-19-13-4-2-1-3-12(13)16/h1-7,16H,8H2. The molecule has 0 aliphatic carbocycles. The van der Waals surface area contributed by atoms with Crippen molar-refractivity contribution in [3.63, 3.8) is 0 Å². The van der Waals surface area contributed by atoms with E-state index in [0.29, 0.717) is 10.6 Å². The van der Waals surface area contributed by atoms with Gasteiger partial charge in [-0.3, -0.25) is 10.1 Å². The first-order valence-corrected chi connectivity index (χ1v) is 5.79. The molecule has 0 radical (unpaired) electrons. The van der Waals surface area contributed by atoms with Gasteiger partial charge in [0.05, 0.1) is 10.5 Å². The number of phenols is 1. The smallest absolute Gasteiger partial charge is 0.276 e. The molecule has 0 amide bonds. The van der Waals surface area contributed by atoms with Crippen LogP contribution in [0, 0.1) is 10.1 Å². The maximum Gasteiger partial charge on any atom is 0.276 e. The molecule has 19 heavy (non-hydrogen) atoms. The van der Waals surface area contributed by atoms with Gasteiger partial charge in [0, 0.05) is 11.1 Å². The molecule has 5 nitrogen and oxygen atoms in total. The molecule has 0 aliphatic heterocycles. The molecular formula is C13H10ClNO4. The first kappa shape index (κ1) is 13.2. The van der Waals surface area contributed by atoms with Gasteiger partial charge in [-0.25, -0.2) is 0 Å². The second-order valence-electron chi connectivity index (χ2n) is 3.79. The van der Waals surface area contributed by atoms with Gasteiger partial charge in [-0.1, -0.05) is 23.7 Å². The van der Waals surface area contributed by atoms with Crippen molar-refractivity contribution in [2.24, 2.45) is 0 Å². The number of ether oxygens (including phenoxy) is 1. The monoisotopic (exact) mass is 279 g/mol. The highest BCUT2D eigenvalue weighted by atomic mass is 35.5. The number of halogens is 1. The molecule has 0 saturated heterocycles. The first-order valence-electron chi connectivity index (χ1n) is 5.41. The zero-order valence-corrected chi connectivity index (χ0v) is 10.5. The van der Waals surface area contributed by atoms with Gasteiger partial charge in [-0.2, -0.15) is 0 Å². The lowest BCUT2D eigenvalue weighted by molar-refractivity contribution is -0.385. The Kier molecular flexibility index (Phi) is 3.87. The molecule has 0 atom stereocenters. The molecule has 1 N–H and O–H groups in total. The highest BCUT2D eigenvalue weighted by Gasteiger charge is 2.14. The third kappa shape index (κ3) is 3.14. The van der Waals surface area contributed by atoms with Crippen molar-refractivity contribution in [2.45, 2.75) is 6.61 Å². The van der Waals surface area contributed by atoms with Crippen LogP contribution in [0.2, 0.25) is 5.02 Å². The van der Waals surface area contributed by atoms with E-state index in [4.69, 9.17) is 16.3 Å². The minimum Gasteiger partial charge on any atom is -0.504 e. The van der Waals surface area contributed by atoms with Crippen LogP contribution in [0.3, 0.4) is 0 Å². The second kappa shape index (κ2) is 5.58. The van der Waals surface area contributed by atoms with Crippen molar-refractivity contribution in [2.75, 3.05) is 0 Å². The van der Waals surface area contributed by atoms with Crippen molar-refractivity contribution in [3.05, 3.63) is 63.2 Å². The molecule has 0 spiro atoms. The van der Waals surface area contributed by atoms with Crippen LogP contribution in [0.5, 0.6) is 11.5 Å². The van der Waals surface area contributed by atoms with Crippen LogP contribution >= 0.6 is 11.6 Å². The zero-order chi connectivity index (χ0) is 13.8. The molecule has 0 heterocycles. The summed E-state index contributed by atoms with van der Waals surface area (Å²) in [7, 11) is 0. The summed E-state index contributed by atoms with van der Waals surface area (Å²) in [5.41, 5.74) is 0.278. The van der Waals surface area contributed by atoms with Crippen molar-refractivity contribution < 1.29 is 14.8 Å². The Labute approximate surface area is 114 Å². The van der Waals surface area contributed by atoms with Gasteiger partial charge in [0.1, 0.15) is 6.61 Å². The number of para-hydroxylation sites is 2. The second-order valence-corrected chi connectivity index (χ2v) is 4.22. The number of nitro benzene ring substituents is 1. The summed E-state index contributed by atoms with van der Waals surface area (Å²) in [5.74, 6) is 0.240. The van der Waals surface area contributed by atoms with E-state index in [1.807, 2.05) is 0 Å². The third-order valence-electron chi connectivity index (χ3n) is 2.49. The third-order valence-corrected chi connectivity index (χ3v) is 2.72. The molecule has 98 valence electrons. The lowest BCUT2D eigenvalue weighted by Gasteiger charge is -2.08. The van der Waals surface area contributed by atoms with E-state index in [9.17, 15) is 15.2 Å². The number of benzene rings is 2. The summed E-state index contributed by atoms with van der Waals surface area (Å²) in [6.07, 6.45) is 0. The number of nitro groups is 1. The summed E-state index contributed by atoms with van der Waals surface area (Å²) in [4.78, 5) is 10.4. The van der Waals surface area contributed by atoms with Gasteiger partial charge in [0.2, 0.25) is 0 Å². The van der Waals surface area contributed by atoms with Crippen LogP contribution in [-0.4, -0.2) is 10.0 Å². The number of aromatic hydroxyl groups is 1. The van der Waals surface area contributed by atoms with Gasteiger partial charge in [0.25, 0.3) is 5.69 Å². The van der Waals surface area contributed by atoms with E-state index in [1.165, 1.54) is 24.3 Å². The highest BCUT2D eigenvalue weighted by molar-refractivity contribution is 6.30. The topological polar surface area (TPSA) is 72.6 Å².